The van der Waals surface area contributed by atoms with E-state index < -0.39 is 21.6 Å². The molecule has 0 saturated heterocycles. The van der Waals surface area contributed by atoms with E-state index in [1.54, 1.807) is 17.0 Å². The van der Waals surface area contributed by atoms with Gasteiger partial charge in [-0.15, -0.1) is 0 Å². The smallest absolute Gasteiger partial charge is 0.243 e. The van der Waals surface area contributed by atoms with E-state index in [4.69, 9.17) is 16.3 Å². The molecule has 0 heterocycles. The molecule has 0 aliphatic carbocycles. The fourth-order valence-corrected chi connectivity index (χ4v) is 5.18. The monoisotopic (exact) mass is 551 g/mol. The van der Waals surface area contributed by atoms with Crippen LogP contribution in [0.4, 0.5) is 5.69 Å². The first-order valence-electron chi connectivity index (χ1n) is 12.2. The topological polar surface area (TPSA) is 96.0 Å². The van der Waals surface area contributed by atoms with Crippen LogP contribution in [0.5, 0.6) is 5.75 Å². The largest absolute Gasteiger partial charge is 0.495 e. The molecule has 0 spiro atoms. The molecule has 204 valence electrons. The van der Waals surface area contributed by atoms with Crippen LogP contribution in [0.3, 0.4) is 0 Å². The third-order valence-corrected chi connectivity index (χ3v) is 7.14. The fourth-order valence-electron chi connectivity index (χ4n) is 3.97. The predicted molar refractivity (Wildman–Crippen MR) is 148 cm³/mol. The number of carbonyl (C=O) groups excluding carboxylic acids is 2. The second-order valence-corrected chi connectivity index (χ2v) is 12.2. The molecule has 0 aromatic heterocycles. The average Bonchev–Trinajstić information content (AvgIpc) is 2.80. The zero-order valence-corrected chi connectivity index (χ0v) is 24.0. The van der Waals surface area contributed by atoms with E-state index in [0.717, 1.165) is 11.8 Å². The maximum absolute atomic E-state index is 13.5. The van der Waals surface area contributed by atoms with Crippen molar-refractivity contribution in [2.75, 3.05) is 24.2 Å². The second kappa shape index (κ2) is 13.1. The van der Waals surface area contributed by atoms with Gasteiger partial charge in [-0.25, -0.2) is 8.42 Å². The van der Waals surface area contributed by atoms with E-state index in [2.05, 4.69) is 5.32 Å². The van der Waals surface area contributed by atoms with Crippen molar-refractivity contribution < 1.29 is 22.7 Å². The van der Waals surface area contributed by atoms with E-state index in [-0.39, 0.29) is 42.8 Å². The van der Waals surface area contributed by atoms with Crippen LogP contribution in [0, 0.1) is 0 Å². The molecule has 0 aliphatic rings. The zero-order valence-electron chi connectivity index (χ0n) is 22.5. The first-order chi connectivity index (χ1) is 17.3. The number of nitrogens with zero attached hydrogens (tertiary/aromatic N) is 2. The molecule has 1 unspecified atom stereocenters. The van der Waals surface area contributed by atoms with Crippen LogP contribution >= 0.6 is 11.6 Å². The summed E-state index contributed by atoms with van der Waals surface area (Å²) in [5.74, 6) is -0.00404. The summed E-state index contributed by atoms with van der Waals surface area (Å²) in [6, 6.07) is 13.6. The van der Waals surface area contributed by atoms with Gasteiger partial charge < -0.3 is 15.0 Å². The molecule has 0 bridgehead atoms. The minimum Gasteiger partial charge on any atom is -0.495 e. The maximum Gasteiger partial charge on any atom is 0.243 e. The summed E-state index contributed by atoms with van der Waals surface area (Å²) in [5.41, 5.74) is 0.850. The molecule has 37 heavy (non-hydrogen) atoms. The Labute approximate surface area is 226 Å². The summed E-state index contributed by atoms with van der Waals surface area (Å²) in [5, 5.41) is 3.27. The van der Waals surface area contributed by atoms with Gasteiger partial charge in [-0.2, -0.15) is 0 Å². The highest BCUT2D eigenvalue weighted by molar-refractivity contribution is 7.92. The summed E-state index contributed by atoms with van der Waals surface area (Å²) in [6.45, 7) is 7.92. The number of hydrogen-bond donors (Lipinski definition) is 1. The quantitative estimate of drug-likeness (QED) is 0.415. The van der Waals surface area contributed by atoms with Crippen molar-refractivity contribution in [3.63, 3.8) is 0 Å². The molecule has 1 atom stereocenters. The van der Waals surface area contributed by atoms with Gasteiger partial charge in [0.05, 0.1) is 24.1 Å². The predicted octanol–water partition coefficient (Wildman–Crippen LogP) is 4.62. The Morgan fingerprint density at radius 2 is 1.76 bits per heavy atom. The van der Waals surface area contributed by atoms with Crippen LogP contribution < -0.4 is 14.4 Å². The number of carbonyl (C=O) groups is 2. The lowest BCUT2D eigenvalue weighted by Crippen LogP contribution is -2.53. The van der Waals surface area contributed by atoms with Crippen LogP contribution in [0.1, 0.15) is 52.5 Å². The maximum atomic E-state index is 13.5. The summed E-state index contributed by atoms with van der Waals surface area (Å²) >= 11 is 6.21. The lowest BCUT2D eigenvalue weighted by molar-refractivity contribution is -0.142. The molecule has 0 fully saturated rings. The molecule has 8 nitrogen and oxygen atoms in total. The number of rotatable bonds is 12. The number of anilines is 1. The lowest BCUT2D eigenvalue weighted by atomic mass is 10.0. The third-order valence-electron chi connectivity index (χ3n) is 5.66. The Bertz CT molecular complexity index is 1170. The lowest BCUT2D eigenvalue weighted by Gasteiger charge is -2.33. The number of amides is 2. The number of methoxy groups -OCH3 is 1. The van der Waals surface area contributed by atoms with Gasteiger partial charge in [-0.3, -0.25) is 13.9 Å². The SMILES string of the molecule is CCC(C(=O)NC(C)(C)C)N(Cc1ccccc1)C(=O)CCCN(c1ccc(OC)c(Cl)c1)S(C)(=O)=O. The highest BCUT2D eigenvalue weighted by atomic mass is 35.5. The van der Waals surface area contributed by atoms with Gasteiger partial charge in [0.25, 0.3) is 0 Å². The van der Waals surface area contributed by atoms with Gasteiger partial charge >= 0.3 is 0 Å². The Kier molecular flexibility index (Phi) is 10.8. The normalized spacial score (nSPS) is 12.5. The summed E-state index contributed by atoms with van der Waals surface area (Å²) in [7, 11) is -2.15. The molecule has 2 aromatic carbocycles. The highest BCUT2D eigenvalue weighted by Crippen LogP contribution is 2.30. The molecular weight excluding hydrogens is 514 g/mol. The van der Waals surface area contributed by atoms with E-state index in [1.807, 2.05) is 58.0 Å². The Balaban J connectivity index is 2.23. The fraction of sp³-hybridized carbons (Fsp3) is 0.481. The van der Waals surface area contributed by atoms with Crippen LogP contribution in [0.25, 0.3) is 0 Å². The molecule has 2 rings (SSSR count). The summed E-state index contributed by atoms with van der Waals surface area (Å²) < 4.78 is 31.4. The van der Waals surface area contributed by atoms with Gasteiger partial charge in [-0.1, -0.05) is 48.9 Å². The summed E-state index contributed by atoms with van der Waals surface area (Å²) in [6.07, 6.45) is 1.89. The number of benzene rings is 2. The zero-order chi connectivity index (χ0) is 27.8. The van der Waals surface area contributed by atoms with Crippen LogP contribution in [0.2, 0.25) is 5.02 Å². The van der Waals surface area contributed by atoms with Crippen LogP contribution in [-0.2, 0) is 26.2 Å². The van der Waals surface area contributed by atoms with Crippen molar-refractivity contribution in [1.29, 1.82) is 0 Å². The first-order valence-corrected chi connectivity index (χ1v) is 14.5. The van der Waals surface area contributed by atoms with Crippen molar-refractivity contribution in [3.8, 4) is 5.75 Å². The van der Waals surface area contributed by atoms with E-state index in [9.17, 15) is 18.0 Å². The second-order valence-electron chi connectivity index (χ2n) is 9.93. The molecule has 0 saturated carbocycles. The number of sulfonamides is 1. The third kappa shape index (κ3) is 9.23. The van der Waals surface area contributed by atoms with E-state index in [0.29, 0.717) is 17.9 Å². The van der Waals surface area contributed by atoms with E-state index >= 15 is 0 Å². The van der Waals surface area contributed by atoms with Crippen molar-refractivity contribution in [2.24, 2.45) is 0 Å². The van der Waals surface area contributed by atoms with Crippen LogP contribution in [0.15, 0.2) is 48.5 Å². The molecular formula is C27H38ClN3O5S. The average molecular weight is 552 g/mol. The Morgan fingerprint density at radius 3 is 2.27 bits per heavy atom. The number of halogens is 1. The van der Waals surface area contributed by atoms with Crippen molar-refractivity contribution in [3.05, 3.63) is 59.1 Å². The molecule has 2 aromatic rings. The van der Waals surface area contributed by atoms with Gasteiger partial charge in [0, 0.05) is 25.0 Å². The number of hydrogen-bond acceptors (Lipinski definition) is 5. The molecule has 1 N–H and O–H groups in total. The molecule has 0 aliphatic heterocycles. The minimum atomic E-state index is -3.63. The standard InChI is InChI=1S/C27H38ClN3O5S/c1-7-23(26(33)29-27(2,3)4)30(19-20-12-9-8-10-13-20)25(32)14-11-17-31(37(6,34)35)21-15-16-24(36-5)22(28)18-21/h8-10,12-13,15-16,18,23H,7,11,14,17,19H2,1-6H3,(H,29,33). The highest BCUT2D eigenvalue weighted by Gasteiger charge is 2.30. The van der Waals surface area contributed by atoms with Gasteiger partial charge in [-0.05, 0) is 57.4 Å². The number of nitrogens with one attached hydrogen (secondary N) is 1. The Hall–Kier alpha value is -2.78. The van der Waals surface area contributed by atoms with E-state index in [1.165, 1.54) is 17.5 Å². The molecule has 0 radical (unpaired) electrons. The minimum absolute atomic E-state index is 0.0715. The van der Waals surface area contributed by atoms with Crippen molar-refractivity contribution >= 4 is 39.1 Å². The van der Waals surface area contributed by atoms with Gasteiger partial charge in [0.2, 0.25) is 21.8 Å². The van der Waals surface area contributed by atoms with Gasteiger partial charge in [0.15, 0.2) is 0 Å². The first kappa shape index (κ1) is 30.4. The van der Waals surface area contributed by atoms with Gasteiger partial charge in [0.1, 0.15) is 11.8 Å². The Morgan fingerprint density at radius 1 is 1.11 bits per heavy atom. The molecule has 10 heteroatoms. The number of ether oxygens (including phenoxy) is 1. The van der Waals surface area contributed by atoms with Crippen molar-refractivity contribution in [2.45, 2.75) is 65.1 Å². The van der Waals surface area contributed by atoms with Crippen molar-refractivity contribution in [1.82, 2.24) is 10.2 Å². The summed E-state index contributed by atoms with van der Waals surface area (Å²) in [4.78, 5) is 28.1. The van der Waals surface area contributed by atoms with Crippen LogP contribution in [-0.4, -0.2) is 56.6 Å². The molecule has 2 amide bonds.